The minimum Gasteiger partial charge on any atom is -0.409 e. The first-order chi connectivity index (χ1) is 10.8. The monoisotopic (exact) mass is 335 g/mol. The van der Waals surface area contributed by atoms with E-state index in [-0.39, 0.29) is 22.4 Å². The molecule has 1 atom stereocenters. The van der Waals surface area contributed by atoms with E-state index in [1.54, 1.807) is 31.4 Å². The average Bonchev–Trinajstić information content (AvgIpc) is 2.93. The zero-order chi connectivity index (χ0) is 17.0. The second kappa shape index (κ2) is 7.06. The van der Waals surface area contributed by atoms with Crippen molar-refractivity contribution in [3.8, 4) is 11.5 Å². The summed E-state index contributed by atoms with van der Waals surface area (Å²) < 4.78 is 10.6. The number of ether oxygens (including phenoxy) is 1. The van der Waals surface area contributed by atoms with Crippen LogP contribution in [0.3, 0.4) is 0 Å². The lowest BCUT2D eigenvalue weighted by molar-refractivity contribution is 0.00885. The molecule has 0 saturated carbocycles. The fourth-order valence-electron chi connectivity index (χ4n) is 2.30. The first kappa shape index (κ1) is 17.4. The van der Waals surface area contributed by atoms with E-state index in [9.17, 15) is 4.79 Å². The summed E-state index contributed by atoms with van der Waals surface area (Å²) >= 11 is 4.84. The summed E-state index contributed by atoms with van der Waals surface area (Å²) in [5, 5.41) is 9.48. The first-order valence-electron chi connectivity index (χ1n) is 7.33. The highest BCUT2D eigenvalue weighted by Crippen LogP contribution is 2.18. The van der Waals surface area contributed by atoms with Gasteiger partial charge < -0.3 is 14.5 Å². The van der Waals surface area contributed by atoms with Crippen LogP contribution in [0.25, 0.3) is 11.5 Å². The first-order valence-corrected chi connectivity index (χ1v) is 7.73. The summed E-state index contributed by atoms with van der Waals surface area (Å²) in [7, 11) is 1.67. The quantitative estimate of drug-likeness (QED) is 0.792. The number of hydrogen-bond acceptors (Lipinski definition) is 5. The molecule has 2 N–H and O–H groups in total. The number of rotatable bonds is 6. The van der Waals surface area contributed by atoms with E-state index in [1.165, 1.54) is 0 Å². The smallest absolute Gasteiger partial charge is 0.284 e. The van der Waals surface area contributed by atoms with Crippen LogP contribution < -0.4 is 5.32 Å². The molecule has 0 bridgehead atoms. The van der Waals surface area contributed by atoms with Crippen LogP contribution in [0.15, 0.2) is 28.7 Å². The maximum absolute atomic E-state index is 12.3. The Morgan fingerprint density at radius 2 is 2.09 bits per heavy atom. The highest BCUT2D eigenvalue weighted by atomic mass is 32.1. The Bertz CT molecular complexity index is 719. The molecule has 23 heavy (non-hydrogen) atoms. The van der Waals surface area contributed by atoms with Gasteiger partial charge in [-0.05, 0) is 63.7 Å². The number of aromatic amines is 1. The SMILES string of the molecule is COC(C)(C)C[C@H](C)NC(=O)c1ccc(-c2n[nH]c(=S)o2)cc1. The number of methoxy groups -OCH3 is 1. The molecule has 0 fully saturated rings. The zero-order valence-electron chi connectivity index (χ0n) is 13.7. The van der Waals surface area contributed by atoms with Crippen LogP contribution in [0.1, 0.15) is 37.6 Å². The molecule has 0 unspecified atom stereocenters. The molecule has 0 radical (unpaired) electrons. The van der Waals surface area contributed by atoms with Gasteiger partial charge >= 0.3 is 0 Å². The number of carbonyl (C=O) groups excluding carboxylic acids is 1. The largest absolute Gasteiger partial charge is 0.409 e. The molecule has 0 aliphatic carbocycles. The number of nitrogens with one attached hydrogen (secondary N) is 2. The van der Waals surface area contributed by atoms with Crippen molar-refractivity contribution in [2.24, 2.45) is 0 Å². The number of H-pyrrole nitrogens is 1. The second-order valence-electron chi connectivity index (χ2n) is 6.04. The van der Waals surface area contributed by atoms with Crippen LogP contribution in [0.2, 0.25) is 0 Å². The van der Waals surface area contributed by atoms with E-state index in [4.69, 9.17) is 21.4 Å². The van der Waals surface area contributed by atoms with Gasteiger partial charge in [-0.15, -0.1) is 5.10 Å². The summed E-state index contributed by atoms with van der Waals surface area (Å²) in [4.78, 5) is 12.5. The van der Waals surface area contributed by atoms with Crippen molar-refractivity contribution in [1.29, 1.82) is 0 Å². The van der Waals surface area contributed by atoms with E-state index in [0.717, 1.165) is 12.0 Å². The third kappa shape index (κ3) is 4.74. The summed E-state index contributed by atoms with van der Waals surface area (Å²) in [6, 6.07) is 7.00. The van der Waals surface area contributed by atoms with Crippen molar-refractivity contribution in [2.75, 3.05) is 7.11 Å². The van der Waals surface area contributed by atoms with Crippen molar-refractivity contribution in [3.05, 3.63) is 34.7 Å². The van der Waals surface area contributed by atoms with Gasteiger partial charge in [-0.3, -0.25) is 4.79 Å². The van der Waals surface area contributed by atoms with Crippen LogP contribution in [-0.2, 0) is 4.74 Å². The molecular formula is C16H21N3O3S. The van der Waals surface area contributed by atoms with Crippen molar-refractivity contribution in [2.45, 2.75) is 38.8 Å². The van der Waals surface area contributed by atoms with Gasteiger partial charge in [0.25, 0.3) is 10.7 Å². The molecule has 1 amide bonds. The van der Waals surface area contributed by atoms with Gasteiger partial charge in [0, 0.05) is 24.3 Å². The van der Waals surface area contributed by atoms with Crippen LogP contribution in [0, 0.1) is 4.84 Å². The molecule has 0 saturated heterocycles. The molecule has 1 heterocycles. The molecular weight excluding hydrogens is 314 g/mol. The predicted octanol–water partition coefficient (Wildman–Crippen LogP) is 3.33. The van der Waals surface area contributed by atoms with E-state index < -0.39 is 0 Å². The molecule has 1 aromatic heterocycles. The average molecular weight is 335 g/mol. The standard InChI is InChI=1S/C16H21N3O3S/c1-10(9-16(2,3)21-4)17-13(20)11-5-7-12(8-6-11)14-18-19-15(23)22-14/h5-8,10H,9H2,1-4H3,(H,17,20)(H,19,23)/t10-/m0/s1. The van der Waals surface area contributed by atoms with Crippen LogP contribution in [0.5, 0.6) is 0 Å². The Hall–Kier alpha value is -1.99. The third-order valence-corrected chi connectivity index (χ3v) is 3.73. The molecule has 124 valence electrons. The Balaban J connectivity index is 2.01. The number of carbonyl (C=O) groups is 1. The van der Waals surface area contributed by atoms with Crippen molar-refractivity contribution >= 4 is 18.1 Å². The Morgan fingerprint density at radius 1 is 1.43 bits per heavy atom. The topological polar surface area (TPSA) is 80.1 Å². The van der Waals surface area contributed by atoms with E-state index in [0.29, 0.717) is 11.5 Å². The van der Waals surface area contributed by atoms with Crippen LogP contribution in [0.4, 0.5) is 0 Å². The van der Waals surface area contributed by atoms with Crippen LogP contribution in [-0.4, -0.2) is 34.9 Å². The van der Waals surface area contributed by atoms with Crippen molar-refractivity contribution < 1.29 is 13.9 Å². The summed E-state index contributed by atoms with van der Waals surface area (Å²) in [5.74, 6) is 0.274. The van der Waals surface area contributed by atoms with Gasteiger partial charge in [0.05, 0.1) is 5.60 Å². The number of amides is 1. The Kier molecular flexibility index (Phi) is 5.33. The molecule has 7 heteroatoms. The van der Waals surface area contributed by atoms with Crippen molar-refractivity contribution in [3.63, 3.8) is 0 Å². The molecule has 6 nitrogen and oxygen atoms in total. The lowest BCUT2D eigenvalue weighted by atomic mass is 9.99. The number of hydrogen-bond donors (Lipinski definition) is 2. The highest BCUT2D eigenvalue weighted by molar-refractivity contribution is 7.71. The number of aromatic nitrogens is 2. The van der Waals surface area contributed by atoms with E-state index in [1.807, 2.05) is 20.8 Å². The fourth-order valence-corrected chi connectivity index (χ4v) is 2.42. The molecule has 1 aromatic carbocycles. The van der Waals surface area contributed by atoms with E-state index in [2.05, 4.69) is 15.5 Å². The summed E-state index contributed by atoms with van der Waals surface area (Å²) in [5.41, 5.74) is 1.05. The lowest BCUT2D eigenvalue weighted by Crippen LogP contribution is -2.38. The van der Waals surface area contributed by atoms with Gasteiger partial charge in [-0.25, -0.2) is 5.10 Å². The number of benzene rings is 1. The summed E-state index contributed by atoms with van der Waals surface area (Å²) in [6.45, 7) is 5.94. The van der Waals surface area contributed by atoms with Gasteiger partial charge in [-0.1, -0.05) is 0 Å². The lowest BCUT2D eigenvalue weighted by Gasteiger charge is -2.27. The Morgan fingerprint density at radius 3 is 2.61 bits per heavy atom. The van der Waals surface area contributed by atoms with Crippen LogP contribution >= 0.6 is 12.2 Å². The normalized spacial score (nSPS) is 12.9. The predicted molar refractivity (Wildman–Crippen MR) is 89.8 cm³/mol. The highest BCUT2D eigenvalue weighted by Gasteiger charge is 2.21. The van der Waals surface area contributed by atoms with Gasteiger partial charge in [-0.2, -0.15) is 0 Å². The third-order valence-electron chi connectivity index (χ3n) is 3.56. The molecule has 2 aromatic rings. The second-order valence-corrected chi connectivity index (χ2v) is 6.41. The fraction of sp³-hybridized carbons (Fsp3) is 0.438. The van der Waals surface area contributed by atoms with E-state index >= 15 is 0 Å². The minimum atomic E-state index is -0.278. The summed E-state index contributed by atoms with van der Waals surface area (Å²) in [6.07, 6.45) is 0.723. The zero-order valence-corrected chi connectivity index (χ0v) is 14.5. The van der Waals surface area contributed by atoms with Gasteiger partial charge in [0.2, 0.25) is 5.89 Å². The Labute approximate surface area is 140 Å². The molecule has 0 aliphatic rings. The molecule has 0 spiro atoms. The minimum absolute atomic E-state index is 0.00115. The molecule has 2 rings (SSSR count). The van der Waals surface area contributed by atoms with Gasteiger partial charge in [0.15, 0.2) is 0 Å². The molecule has 0 aliphatic heterocycles. The number of nitrogens with zero attached hydrogens (tertiary/aromatic N) is 1. The van der Waals surface area contributed by atoms with Gasteiger partial charge in [0.1, 0.15) is 0 Å². The maximum atomic E-state index is 12.3. The van der Waals surface area contributed by atoms with Crippen molar-refractivity contribution in [1.82, 2.24) is 15.5 Å². The maximum Gasteiger partial charge on any atom is 0.284 e.